The normalized spacial score (nSPS) is 16.6. The van der Waals surface area contributed by atoms with Gasteiger partial charge in [0, 0.05) is 44.6 Å². The first-order valence-electron chi connectivity index (χ1n) is 10.8. The van der Waals surface area contributed by atoms with Crippen LogP contribution in [0, 0.1) is 0 Å². The van der Waals surface area contributed by atoms with Gasteiger partial charge in [0.05, 0.1) is 19.3 Å². The van der Waals surface area contributed by atoms with E-state index in [4.69, 9.17) is 4.74 Å². The molecule has 7 heteroatoms. The van der Waals surface area contributed by atoms with Crippen LogP contribution in [0.2, 0.25) is 0 Å². The topological polar surface area (TPSA) is 52.1 Å². The number of nitrogens with zero attached hydrogens (tertiary/aromatic N) is 3. The van der Waals surface area contributed by atoms with Crippen molar-refractivity contribution >= 4 is 17.3 Å². The maximum Gasteiger partial charge on any atom is 0.191 e. The fourth-order valence-electron chi connectivity index (χ4n) is 3.72. The third kappa shape index (κ3) is 7.40. The highest BCUT2D eigenvalue weighted by molar-refractivity contribution is 7.10. The monoisotopic (exact) mass is 429 g/mol. The lowest BCUT2D eigenvalue weighted by molar-refractivity contribution is 0.0177. The Kier molecular flexibility index (Phi) is 9.63. The number of morpholine rings is 1. The molecule has 0 saturated carbocycles. The lowest BCUT2D eigenvalue weighted by Crippen LogP contribution is -2.46. The van der Waals surface area contributed by atoms with Crippen LogP contribution in [-0.2, 0) is 11.3 Å². The molecule has 0 spiro atoms. The zero-order chi connectivity index (χ0) is 21.0. The van der Waals surface area contributed by atoms with E-state index in [2.05, 4.69) is 80.3 Å². The number of ether oxygens (including phenoxy) is 1. The zero-order valence-electron chi connectivity index (χ0n) is 18.2. The molecule has 1 fully saturated rings. The van der Waals surface area contributed by atoms with E-state index in [0.717, 1.165) is 64.9 Å². The number of benzene rings is 1. The summed E-state index contributed by atoms with van der Waals surface area (Å²) in [5.41, 5.74) is 1.35. The Morgan fingerprint density at radius 3 is 2.67 bits per heavy atom. The van der Waals surface area contributed by atoms with Gasteiger partial charge in [0.1, 0.15) is 0 Å². The van der Waals surface area contributed by atoms with E-state index in [1.807, 2.05) is 18.4 Å². The third-order valence-corrected chi connectivity index (χ3v) is 6.32. The van der Waals surface area contributed by atoms with Crippen molar-refractivity contribution in [2.75, 3.05) is 60.0 Å². The smallest absolute Gasteiger partial charge is 0.191 e. The Bertz CT molecular complexity index is 731. The van der Waals surface area contributed by atoms with Gasteiger partial charge in [-0.05, 0) is 37.0 Å². The summed E-state index contributed by atoms with van der Waals surface area (Å²) < 4.78 is 5.54. The van der Waals surface area contributed by atoms with E-state index in [-0.39, 0.29) is 0 Å². The van der Waals surface area contributed by atoms with Crippen molar-refractivity contribution in [3.8, 4) is 0 Å². The molecule has 0 bridgehead atoms. The fourth-order valence-corrected chi connectivity index (χ4v) is 4.58. The molecule has 1 aliphatic rings. The highest BCUT2D eigenvalue weighted by atomic mass is 32.1. The minimum absolute atomic E-state index is 0.351. The number of nitrogens with one attached hydrogen (secondary N) is 2. The number of hydrogen-bond donors (Lipinski definition) is 2. The van der Waals surface area contributed by atoms with Crippen molar-refractivity contribution < 1.29 is 4.74 Å². The summed E-state index contributed by atoms with van der Waals surface area (Å²) in [5.74, 6) is 0.871. The van der Waals surface area contributed by atoms with E-state index in [0.29, 0.717) is 6.04 Å². The lowest BCUT2D eigenvalue weighted by Gasteiger charge is -2.34. The molecule has 0 amide bonds. The zero-order valence-corrected chi connectivity index (χ0v) is 19.0. The second-order valence-electron chi connectivity index (χ2n) is 7.64. The molecule has 1 unspecified atom stereocenters. The molecule has 164 valence electrons. The van der Waals surface area contributed by atoms with Crippen molar-refractivity contribution in [3.05, 3.63) is 58.3 Å². The van der Waals surface area contributed by atoms with Gasteiger partial charge in [0.15, 0.2) is 5.96 Å². The van der Waals surface area contributed by atoms with Gasteiger partial charge in [0.2, 0.25) is 0 Å². The SMILES string of the molecule is CN=C(NCCCN(C)Cc1ccccc1)NCC(c1cccs1)N1CCOCC1. The van der Waals surface area contributed by atoms with Crippen LogP contribution < -0.4 is 10.6 Å². The van der Waals surface area contributed by atoms with Crippen LogP contribution in [-0.4, -0.2) is 75.8 Å². The summed E-state index contributed by atoms with van der Waals surface area (Å²) in [4.78, 5) is 10.7. The van der Waals surface area contributed by atoms with Gasteiger partial charge in [-0.2, -0.15) is 0 Å². The van der Waals surface area contributed by atoms with Crippen LogP contribution in [0.25, 0.3) is 0 Å². The van der Waals surface area contributed by atoms with Crippen LogP contribution in [0.3, 0.4) is 0 Å². The van der Waals surface area contributed by atoms with E-state index in [9.17, 15) is 0 Å². The Hall–Kier alpha value is -1.93. The highest BCUT2D eigenvalue weighted by Crippen LogP contribution is 2.25. The van der Waals surface area contributed by atoms with Gasteiger partial charge in [-0.1, -0.05) is 36.4 Å². The minimum atomic E-state index is 0.351. The molecule has 6 nitrogen and oxygen atoms in total. The van der Waals surface area contributed by atoms with E-state index in [1.54, 1.807) is 0 Å². The van der Waals surface area contributed by atoms with Crippen molar-refractivity contribution in [1.29, 1.82) is 0 Å². The van der Waals surface area contributed by atoms with E-state index in [1.165, 1.54) is 10.4 Å². The summed E-state index contributed by atoms with van der Waals surface area (Å²) in [6.07, 6.45) is 1.07. The van der Waals surface area contributed by atoms with Crippen molar-refractivity contribution in [2.45, 2.75) is 19.0 Å². The number of guanidine groups is 1. The Morgan fingerprint density at radius 2 is 1.97 bits per heavy atom. The quantitative estimate of drug-likeness (QED) is 0.346. The fraction of sp³-hybridized carbons (Fsp3) is 0.522. The van der Waals surface area contributed by atoms with Crippen LogP contribution in [0.4, 0.5) is 0 Å². The summed E-state index contributed by atoms with van der Waals surface area (Å²) in [6.45, 7) is 7.35. The maximum atomic E-state index is 5.54. The number of aliphatic imine (C=N–C) groups is 1. The summed E-state index contributed by atoms with van der Waals surface area (Å²) in [7, 11) is 4.01. The molecule has 0 radical (unpaired) electrons. The molecule has 1 aliphatic heterocycles. The molecule has 1 saturated heterocycles. The molecule has 1 aromatic heterocycles. The highest BCUT2D eigenvalue weighted by Gasteiger charge is 2.23. The molecule has 2 aromatic rings. The average Bonchev–Trinajstić information content (AvgIpc) is 3.31. The van der Waals surface area contributed by atoms with Crippen LogP contribution in [0.1, 0.15) is 22.9 Å². The molecule has 1 aromatic carbocycles. The minimum Gasteiger partial charge on any atom is -0.379 e. The predicted molar refractivity (Wildman–Crippen MR) is 126 cm³/mol. The summed E-state index contributed by atoms with van der Waals surface area (Å²) in [5, 5.41) is 9.15. The van der Waals surface area contributed by atoms with E-state index >= 15 is 0 Å². The first kappa shape index (κ1) is 22.7. The molecule has 3 rings (SSSR count). The Morgan fingerprint density at radius 1 is 1.17 bits per heavy atom. The van der Waals surface area contributed by atoms with Gasteiger partial charge in [-0.15, -0.1) is 11.3 Å². The van der Waals surface area contributed by atoms with Crippen LogP contribution in [0.15, 0.2) is 52.8 Å². The largest absolute Gasteiger partial charge is 0.379 e. The first-order valence-corrected chi connectivity index (χ1v) is 11.7. The van der Waals surface area contributed by atoms with E-state index < -0.39 is 0 Å². The van der Waals surface area contributed by atoms with Crippen molar-refractivity contribution in [1.82, 2.24) is 20.4 Å². The standard InChI is InChI=1S/C23H35N5OS/c1-24-23(25-11-7-12-27(2)19-20-8-4-3-5-9-20)26-18-21(22-10-6-17-30-22)28-13-15-29-16-14-28/h3-6,8-10,17,21H,7,11-16,18-19H2,1-2H3,(H2,24,25,26). The Balaban J connectivity index is 1.40. The Labute approximate surface area is 184 Å². The second kappa shape index (κ2) is 12.7. The van der Waals surface area contributed by atoms with Crippen molar-refractivity contribution in [3.63, 3.8) is 0 Å². The summed E-state index contributed by atoms with van der Waals surface area (Å²) in [6, 6.07) is 15.3. The first-order chi connectivity index (χ1) is 14.8. The predicted octanol–water partition coefficient (Wildman–Crippen LogP) is 2.81. The van der Waals surface area contributed by atoms with Gasteiger partial charge in [-0.25, -0.2) is 0 Å². The number of rotatable bonds is 10. The molecular formula is C23H35N5OS. The molecule has 30 heavy (non-hydrogen) atoms. The van der Waals surface area contributed by atoms with Gasteiger partial charge >= 0.3 is 0 Å². The molecule has 0 aliphatic carbocycles. The second-order valence-corrected chi connectivity index (χ2v) is 8.62. The molecule has 2 N–H and O–H groups in total. The number of thiophene rings is 1. The van der Waals surface area contributed by atoms with Gasteiger partial charge in [-0.3, -0.25) is 9.89 Å². The summed E-state index contributed by atoms with van der Waals surface area (Å²) >= 11 is 1.82. The van der Waals surface area contributed by atoms with Crippen molar-refractivity contribution in [2.24, 2.45) is 4.99 Å². The lowest BCUT2D eigenvalue weighted by atomic mass is 10.2. The third-order valence-electron chi connectivity index (χ3n) is 5.35. The maximum absolute atomic E-state index is 5.54. The number of hydrogen-bond acceptors (Lipinski definition) is 5. The van der Waals surface area contributed by atoms with Gasteiger partial charge in [0.25, 0.3) is 0 Å². The van der Waals surface area contributed by atoms with Gasteiger partial charge < -0.3 is 20.3 Å². The molecule has 2 heterocycles. The van der Waals surface area contributed by atoms with Crippen LogP contribution >= 0.6 is 11.3 Å². The average molecular weight is 430 g/mol. The van der Waals surface area contributed by atoms with Crippen LogP contribution in [0.5, 0.6) is 0 Å². The molecule has 1 atom stereocenters. The molecular weight excluding hydrogens is 394 g/mol.